The van der Waals surface area contributed by atoms with E-state index < -0.39 is 36.0 Å². The minimum atomic E-state index is -4.65. The second-order valence-corrected chi connectivity index (χ2v) is 7.72. The Morgan fingerprint density at radius 1 is 1.09 bits per heavy atom. The average molecular weight is 482 g/mol. The molecule has 3 rings (SSSR count). The molecule has 0 spiro atoms. The Bertz CT molecular complexity index is 912. The van der Waals surface area contributed by atoms with Crippen LogP contribution in [0, 0.1) is 5.92 Å². The second kappa shape index (κ2) is 9.75. The third-order valence-corrected chi connectivity index (χ3v) is 5.38. The maximum atomic E-state index is 13.2. The van der Waals surface area contributed by atoms with Crippen molar-refractivity contribution in [2.75, 3.05) is 32.2 Å². The van der Waals surface area contributed by atoms with E-state index in [1.54, 1.807) is 0 Å². The molecule has 0 saturated carbocycles. The summed E-state index contributed by atoms with van der Waals surface area (Å²) in [6, 6.07) is 3.10. The number of hydrogen-bond donors (Lipinski definition) is 0. The fraction of sp³-hybridized carbons (Fsp3) is 0.600. The summed E-state index contributed by atoms with van der Waals surface area (Å²) in [6.07, 6.45) is -9.17. The summed E-state index contributed by atoms with van der Waals surface area (Å²) >= 11 is 0. The van der Waals surface area contributed by atoms with Gasteiger partial charge >= 0.3 is 12.4 Å². The highest BCUT2D eigenvalue weighted by Gasteiger charge is 2.37. The molecule has 0 N–H and O–H groups in total. The van der Waals surface area contributed by atoms with Crippen LogP contribution in [-0.2, 0) is 28.4 Å². The molecule has 2 aromatic heterocycles. The summed E-state index contributed by atoms with van der Waals surface area (Å²) in [7, 11) is 2.71. The van der Waals surface area contributed by atoms with Crippen LogP contribution < -0.4 is 9.64 Å². The lowest BCUT2D eigenvalue weighted by molar-refractivity contribution is -0.142. The number of alkyl halides is 6. The van der Waals surface area contributed by atoms with Gasteiger partial charge in [-0.15, -0.1) is 0 Å². The van der Waals surface area contributed by atoms with Crippen LogP contribution in [0.5, 0.6) is 5.88 Å². The van der Waals surface area contributed by atoms with Crippen molar-refractivity contribution < 1.29 is 40.6 Å². The van der Waals surface area contributed by atoms with Gasteiger partial charge in [0.25, 0.3) is 0 Å². The zero-order valence-corrected chi connectivity index (χ0v) is 18.2. The van der Waals surface area contributed by atoms with Crippen molar-refractivity contribution in [3.8, 4) is 5.88 Å². The first-order chi connectivity index (χ1) is 15.4. The number of pyridine rings is 1. The van der Waals surface area contributed by atoms with Gasteiger partial charge in [0.05, 0.1) is 12.1 Å². The lowest BCUT2D eigenvalue weighted by atomic mass is 9.96. The van der Waals surface area contributed by atoms with Crippen LogP contribution in [0.4, 0.5) is 32.2 Å². The first-order valence-electron chi connectivity index (χ1n) is 10.1. The van der Waals surface area contributed by atoms with Crippen LogP contribution in [0.1, 0.15) is 24.6 Å². The van der Waals surface area contributed by atoms with Crippen molar-refractivity contribution in [1.82, 2.24) is 14.8 Å². The van der Waals surface area contributed by atoms with Gasteiger partial charge in [0.2, 0.25) is 5.88 Å². The molecule has 1 saturated heterocycles. The number of methoxy groups -OCH3 is 2. The third kappa shape index (κ3) is 6.08. The monoisotopic (exact) mass is 482 g/mol. The Kier molecular flexibility index (Phi) is 7.42. The van der Waals surface area contributed by atoms with Gasteiger partial charge in [-0.1, -0.05) is 6.92 Å². The molecule has 33 heavy (non-hydrogen) atoms. The molecule has 0 radical (unpaired) electrons. The topological polar surface area (TPSA) is 61.6 Å². The van der Waals surface area contributed by atoms with E-state index in [-0.39, 0.29) is 18.3 Å². The zero-order valence-electron chi connectivity index (χ0n) is 18.2. The van der Waals surface area contributed by atoms with E-state index >= 15 is 0 Å². The van der Waals surface area contributed by atoms with Gasteiger partial charge in [0.15, 0.2) is 12.0 Å². The summed E-state index contributed by atoms with van der Waals surface area (Å²) in [5, 5.41) is 3.59. The summed E-state index contributed by atoms with van der Waals surface area (Å²) < 4.78 is 94.9. The number of aromatic nitrogens is 3. The van der Waals surface area contributed by atoms with E-state index in [1.165, 1.54) is 20.3 Å². The molecule has 3 heterocycles. The summed E-state index contributed by atoms with van der Waals surface area (Å²) in [4.78, 5) is 5.72. The van der Waals surface area contributed by atoms with E-state index in [2.05, 4.69) is 10.1 Å². The number of hydrogen-bond acceptors (Lipinski definition) is 6. The van der Waals surface area contributed by atoms with Gasteiger partial charge in [0, 0.05) is 51.9 Å². The third-order valence-electron chi connectivity index (χ3n) is 5.38. The van der Waals surface area contributed by atoms with Crippen molar-refractivity contribution in [2.45, 2.75) is 44.6 Å². The molecule has 0 aromatic carbocycles. The maximum absolute atomic E-state index is 13.2. The van der Waals surface area contributed by atoms with Crippen molar-refractivity contribution >= 4 is 5.82 Å². The number of halogens is 6. The molecule has 7 nitrogen and oxygen atoms in total. The van der Waals surface area contributed by atoms with Crippen molar-refractivity contribution in [3.05, 3.63) is 35.7 Å². The van der Waals surface area contributed by atoms with Crippen molar-refractivity contribution in [1.29, 1.82) is 0 Å². The maximum Gasteiger partial charge on any atom is 0.435 e. The summed E-state index contributed by atoms with van der Waals surface area (Å²) in [5.74, 6) is 0.168. The number of nitrogens with zero attached hydrogens (tertiary/aromatic N) is 4. The van der Waals surface area contributed by atoms with Crippen molar-refractivity contribution in [3.63, 3.8) is 0 Å². The molecule has 13 heteroatoms. The lowest BCUT2D eigenvalue weighted by Crippen LogP contribution is -2.45. The van der Waals surface area contributed by atoms with Crippen LogP contribution in [0.25, 0.3) is 0 Å². The first kappa shape index (κ1) is 25.1. The van der Waals surface area contributed by atoms with Gasteiger partial charge in [0.1, 0.15) is 11.9 Å². The molecule has 0 amide bonds. The van der Waals surface area contributed by atoms with Crippen LogP contribution in [0.3, 0.4) is 0 Å². The van der Waals surface area contributed by atoms with Crippen molar-refractivity contribution in [2.24, 2.45) is 5.92 Å². The predicted molar refractivity (Wildman–Crippen MR) is 105 cm³/mol. The molecule has 0 bridgehead atoms. The second-order valence-electron chi connectivity index (χ2n) is 7.72. The van der Waals surface area contributed by atoms with E-state index in [1.807, 2.05) is 11.8 Å². The van der Waals surface area contributed by atoms with E-state index in [0.29, 0.717) is 25.3 Å². The Labute approximate surface area is 186 Å². The smallest absolute Gasteiger partial charge is 0.435 e. The molecule has 1 aliphatic heterocycles. The molecular weight excluding hydrogens is 458 g/mol. The highest BCUT2D eigenvalue weighted by molar-refractivity contribution is 5.40. The number of rotatable bonds is 7. The Hall–Kier alpha value is -2.54. The minimum Gasteiger partial charge on any atom is -0.474 e. The number of ether oxygens (including phenoxy) is 3. The Morgan fingerprint density at radius 3 is 2.30 bits per heavy atom. The minimum absolute atomic E-state index is 0.0700. The van der Waals surface area contributed by atoms with Crippen LogP contribution in [-0.4, -0.2) is 54.5 Å². The van der Waals surface area contributed by atoms with E-state index in [4.69, 9.17) is 14.2 Å². The Morgan fingerprint density at radius 2 is 1.79 bits per heavy atom. The highest BCUT2D eigenvalue weighted by atomic mass is 19.4. The molecule has 0 unspecified atom stereocenters. The molecule has 0 aliphatic carbocycles. The molecular formula is C20H24F6N4O3. The summed E-state index contributed by atoms with van der Waals surface area (Å²) in [6.45, 7) is 2.55. The molecule has 2 aromatic rings. The van der Waals surface area contributed by atoms with E-state index in [0.717, 1.165) is 23.0 Å². The van der Waals surface area contributed by atoms with Gasteiger partial charge in [-0.2, -0.15) is 31.4 Å². The standard InChI is InChI=1S/C20H24F6N4O3/c1-12-10-29(16-5-4-13(9-27-16)19(21,22)23)7-6-14(12)33-17-8-15(20(24,25)26)28-30(17)11-18(31-2)32-3/h4-5,8-9,12,14,18H,6-7,10-11H2,1-3H3/t12-,14+/m0/s1. The number of anilines is 1. The fourth-order valence-electron chi connectivity index (χ4n) is 3.55. The largest absolute Gasteiger partial charge is 0.474 e. The molecule has 1 aliphatic rings. The SMILES string of the molecule is COC(Cn1nc(C(F)(F)F)cc1O[C@@H]1CCN(c2ccc(C(F)(F)F)cn2)C[C@@H]1C)OC. The van der Waals surface area contributed by atoms with Gasteiger partial charge in [-0.3, -0.25) is 0 Å². The molecule has 1 fully saturated rings. The van der Waals surface area contributed by atoms with Crippen LogP contribution in [0.2, 0.25) is 0 Å². The Balaban J connectivity index is 1.71. The van der Waals surface area contributed by atoms with E-state index in [9.17, 15) is 26.3 Å². The zero-order chi connectivity index (χ0) is 24.4. The molecule has 2 atom stereocenters. The normalized spacial score (nSPS) is 19.9. The van der Waals surface area contributed by atoms with Gasteiger partial charge in [-0.25, -0.2) is 9.67 Å². The predicted octanol–water partition coefficient (Wildman–Crippen LogP) is 4.23. The van der Waals surface area contributed by atoms with Crippen LogP contribution >= 0.6 is 0 Å². The highest BCUT2D eigenvalue weighted by Crippen LogP contribution is 2.34. The molecule has 184 valence electrons. The van der Waals surface area contributed by atoms with Gasteiger partial charge < -0.3 is 19.1 Å². The van der Waals surface area contributed by atoms with Gasteiger partial charge in [-0.05, 0) is 12.1 Å². The lowest BCUT2D eigenvalue weighted by Gasteiger charge is -2.37. The summed E-state index contributed by atoms with van der Waals surface area (Å²) in [5.41, 5.74) is -1.93. The van der Waals surface area contributed by atoms with Crippen LogP contribution in [0.15, 0.2) is 24.4 Å². The fourth-order valence-corrected chi connectivity index (χ4v) is 3.55. The quantitative estimate of drug-likeness (QED) is 0.435. The first-order valence-corrected chi connectivity index (χ1v) is 10.1. The average Bonchev–Trinajstić information content (AvgIpc) is 3.15. The number of piperidine rings is 1.